The summed E-state index contributed by atoms with van der Waals surface area (Å²) in [4.78, 5) is 47.4. The van der Waals surface area contributed by atoms with Crippen molar-refractivity contribution in [2.45, 2.75) is 199 Å². The van der Waals surface area contributed by atoms with Crippen molar-refractivity contribution in [3.05, 3.63) is 24.3 Å². The molecule has 0 heterocycles. The van der Waals surface area contributed by atoms with Gasteiger partial charge in [-0.1, -0.05) is 128 Å². The molecule has 0 aromatic rings. The van der Waals surface area contributed by atoms with Crippen LogP contribution in [0.2, 0.25) is 0 Å². The maximum absolute atomic E-state index is 12.7. The van der Waals surface area contributed by atoms with Gasteiger partial charge in [-0.15, -0.1) is 0 Å². The number of carboxylic acids is 1. The molecule has 0 aromatic carbocycles. The summed E-state index contributed by atoms with van der Waals surface area (Å²) in [6.07, 6.45) is 37.8. The number of rotatable bonds is 36. The van der Waals surface area contributed by atoms with Crippen LogP contribution in [0.3, 0.4) is 0 Å². The van der Waals surface area contributed by atoms with Crippen LogP contribution in [-0.2, 0) is 23.9 Å². The molecule has 9 nitrogen and oxygen atoms in total. The van der Waals surface area contributed by atoms with Gasteiger partial charge in [-0.05, 0) is 70.6 Å². The number of aliphatic carboxylic acids is 1. The Morgan fingerprint density at radius 1 is 0.600 bits per heavy atom. The smallest absolute Gasteiger partial charge is 0.328 e. The van der Waals surface area contributed by atoms with Crippen LogP contribution < -0.4 is 10.6 Å². The van der Waals surface area contributed by atoms with Crippen LogP contribution in [0.15, 0.2) is 24.3 Å². The average Bonchev–Trinajstić information content (AvgIpc) is 3.10. The van der Waals surface area contributed by atoms with E-state index in [-0.39, 0.29) is 24.5 Å². The fraction of sp³-hybridized carbons (Fsp3) is 0.805. The number of aliphatic hydroxyl groups excluding tert-OH is 1. The van der Waals surface area contributed by atoms with Crippen molar-refractivity contribution in [1.82, 2.24) is 10.6 Å². The van der Waals surface area contributed by atoms with Gasteiger partial charge in [0, 0.05) is 12.8 Å². The highest BCUT2D eigenvalue weighted by Crippen LogP contribution is 2.18. The molecule has 50 heavy (non-hydrogen) atoms. The van der Waals surface area contributed by atoms with E-state index in [0.29, 0.717) is 19.3 Å². The van der Waals surface area contributed by atoms with Crippen molar-refractivity contribution in [2.24, 2.45) is 0 Å². The molecular weight excluding hydrogens is 632 g/mol. The van der Waals surface area contributed by atoms with Gasteiger partial charge in [-0.3, -0.25) is 14.4 Å². The zero-order chi connectivity index (χ0) is 36.9. The Morgan fingerprint density at radius 3 is 1.64 bits per heavy atom. The van der Waals surface area contributed by atoms with Crippen LogP contribution >= 0.6 is 0 Å². The Kier molecular flexibility index (Phi) is 34.2. The van der Waals surface area contributed by atoms with Gasteiger partial charge in [0.1, 0.15) is 12.1 Å². The fourth-order valence-electron chi connectivity index (χ4n) is 5.80. The lowest BCUT2D eigenvalue weighted by molar-refractivity contribution is -0.150. The minimum atomic E-state index is -1.38. The number of allylic oxidation sites excluding steroid dienone is 4. The molecule has 2 amide bonds. The molecule has 0 aromatic heterocycles. The summed E-state index contributed by atoms with van der Waals surface area (Å²) in [6, 6.07) is -1.38. The molecule has 0 spiro atoms. The predicted octanol–water partition coefficient (Wildman–Crippen LogP) is 9.26. The fourth-order valence-corrected chi connectivity index (χ4v) is 5.80. The minimum Gasteiger partial charge on any atom is -0.480 e. The lowest BCUT2D eigenvalue weighted by atomic mass is 10.0. The SMILES string of the molecule is CCCCC/C=C\C/C=C\CCCCCCCC(=O)OC(CCCCCCCCC)CCCCCCCC(=O)NCC(=O)NC(CO)C(=O)O. The minimum absolute atomic E-state index is 0.0143. The second-order valence-electron chi connectivity index (χ2n) is 13.7. The van der Waals surface area contributed by atoms with Crippen LogP contribution in [0.5, 0.6) is 0 Å². The molecule has 2 unspecified atom stereocenters. The van der Waals surface area contributed by atoms with E-state index in [2.05, 4.69) is 48.8 Å². The first-order valence-electron chi connectivity index (χ1n) is 20.2. The van der Waals surface area contributed by atoms with Gasteiger partial charge in [0.15, 0.2) is 0 Å². The summed E-state index contributed by atoms with van der Waals surface area (Å²) in [5.41, 5.74) is 0. The maximum Gasteiger partial charge on any atom is 0.328 e. The number of carboxylic acid groups (broad SMARTS) is 1. The molecular formula is C41H74N2O7. The molecule has 0 saturated carbocycles. The van der Waals surface area contributed by atoms with E-state index in [4.69, 9.17) is 14.9 Å². The molecule has 0 aliphatic rings. The Hall–Kier alpha value is -2.68. The Morgan fingerprint density at radius 2 is 1.08 bits per heavy atom. The Labute approximate surface area is 304 Å². The molecule has 0 aliphatic carbocycles. The highest BCUT2D eigenvalue weighted by molar-refractivity contribution is 5.87. The number of carbonyl (C=O) groups excluding carboxylic acids is 3. The third-order valence-electron chi connectivity index (χ3n) is 8.95. The van der Waals surface area contributed by atoms with Gasteiger partial charge in [0.25, 0.3) is 0 Å². The third kappa shape index (κ3) is 32.5. The van der Waals surface area contributed by atoms with Gasteiger partial charge in [0.2, 0.25) is 11.8 Å². The number of hydrogen-bond donors (Lipinski definition) is 4. The molecule has 0 aliphatic heterocycles. The van der Waals surface area contributed by atoms with Crippen LogP contribution in [0, 0.1) is 0 Å². The molecule has 9 heteroatoms. The van der Waals surface area contributed by atoms with E-state index in [1.165, 1.54) is 77.0 Å². The molecule has 0 bridgehead atoms. The number of carbonyl (C=O) groups is 4. The molecule has 0 fully saturated rings. The molecule has 0 saturated heterocycles. The number of esters is 1. The molecule has 0 rings (SSSR count). The van der Waals surface area contributed by atoms with E-state index >= 15 is 0 Å². The lowest BCUT2D eigenvalue weighted by Crippen LogP contribution is -2.47. The van der Waals surface area contributed by atoms with E-state index in [1.807, 2.05) is 0 Å². The maximum atomic E-state index is 12.7. The molecule has 2 atom stereocenters. The van der Waals surface area contributed by atoms with Crippen LogP contribution in [0.4, 0.5) is 0 Å². The van der Waals surface area contributed by atoms with Gasteiger partial charge in [-0.2, -0.15) is 0 Å². The quantitative estimate of drug-likeness (QED) is 0.0289. The molecule has 4 N–H and O–H groups in total. The first-order chi connectivity index (χ1) is 24.3. The summed E-state index contributed by atoms with van der Waals surface area (Å²) in [5.74, 6) is -2.31. The number of ether oxygens (including phenoxy) is 1. The van der Waals surface area contributed by atoms with Crippen molar-refractivity contribution in [3.63, 3.8) is 0 Å². The first kappa shape index (κ1) is 47.3. The highest BCUT2D eigenvalue weighted by Gasteiger charge is 2.19. The number of amides is 2. The van der Waals surface area contributed by atoms with E-state index in [9.17, 15) is 19.2 Å². The van der Waals surface area contributed by atoms with Crippen LogP contribution in [0.1, 0.15) is 187 Å². The van der Waals surface area contributed by atoms with Crippen molar-refractivity contribution in [3.8, 4) is 0 Å². The van der Waals surface area contributed by atoms with Crippen molar-refractivity contribution in [1.29, 1.82) is 0 Å². The summed E-state index contributed by atoms with van der Waals surface area (Å²) in [5, 5.41) is 22.5. The summed E-state index contributed by atoms with van der Waals surface area (Å²) in [7, 11) is 0. The zero-order valence-corrected chi connectivity index (χ0v) is 31.9. The van der Waals surface area contributed by atoms with E-state index < -0.39 is 24.5 Å². The van der Waals surface area contributed by atoms with Gasteiger partial charge < -0.3 is 25.6 Å². The van der Waals surface area contributed by atoms with Gasteiger partial charge >= 0.3 is 11.9 Å². The number of unbranched alkanes of at least 4 members (excludes halogenated alkanes) is 18. The first-order valence-corrected chi connectivity index (χ1v) is 20.2. The van der Waals surface area contributed by atoms with Gasteiger partial charge in [0.05, 0.1) is 13.2 Å². The summed E-state index contributed by atoms with van der Waals surface area (Å²) in [6.45, 7) is 3.43. The van der Waals surface area contributed by atoms with Crippen molar-refractivity contribution in [2.75, 3.05) is 13.2 Å². The van der Waals surface area contributed by atoms with E-state index in [0.717, 1.165) is 77.0 Å². The average molecular weight is 707 g/mol. The van der Waals surface area contributed by atoms with Crippen LogP contribution in [0.25, 0.3) is 0 Å². The number of hydrogen-bond acceptors (Lipinski definition) is 6. The highest BCUT2D eigenvalue weighted by atomic mass is 16.5. The summed E-state index contributed by atoms with van der Waals surface area (Å²) < 4.78 is 5.98. The second-order valence-corrected chi connectivity index (χ2v) is 13.7. The normalized spacial score (nSPS) is 12.7. The number of aliphatic hydroxyl groups is 1. The summed E-state index contributed by atoms with van der Waals surface area (Å²) >= 11 is 0. The van der Waals surface area contributed by atoms with Crippen molar-refractivity contribution < 1.29 is 34.1 Å². The predicted molar refractivity (Wildman–Crippen MR) is 204 cm³/mol. The van der Waals surface area contributed by atoms with Crippen molar-refractivity contribution >= 4 is 23.8 Å². The molecule has 290 valence electrons. The Balaban J connectivity index is 4.20. The van der Waals surface area contributed by atoms with Crippen LogP contribution in [-0.4, -0.2) is 59.3 Å². The topological polar surface area (TPSA) is 142 Å². The zero-order valence-electron chi connectivity index (χ0n) is 31.9. The van der Waals surface area contributed by atoms with E-state index in [1.54, 1.807) is 0 Å². The number of nitrogens with one attached hydrogen (secondary N) is 2. The largest absolute Gasteiger partial charge is 0.480 e. The Bertz CT molecular complexity index is 905. The monoisotopic (exact) mass is 707 g/mol. The lowest BCUT2D eigenvalue weighted by Gasteiger charge is -2.18. The standard InChI is InChI=1S/C41H74N2O7/c1-3-5-7-9-11-12-13-14-15-16-17-18-20-25-29-33-40(47)50-36(30-26-22-19-10-8-6-4-2)31-27-23-21-24-28-32-38(45)42-34-39(46)43-37(35-44)41(48)49/h11-12,14-15,36-37,44H,3-10,13,16-35H2,1-2H3,(H,42,45)(H,43,46)(H,48,49)/b12-11-,15-14-. The van der Waals surface area contributed by atoms with Gasteiger partial charge in [-0.25, -0.2) is 4.79 Å². The molecule has 0 radical (unpaired) electrons. The third-order valence-corrected chi connectivity index (χ3v) is 8.95. The second kappa shape index (κ2) is 36.1.